The number of benzene rings is 1. The van der Waals surface area contributed by atoms with Crippen LogP contribution in [0.25, 0.3) is 0 Å². The zero-order valence-electron chi connectivity index (χ0n) is 6.33. The van der Waals surface area contributed by atoms with E-state index in [2.05, 4.69) is 31.9 Å². The van der Waals surface area contributed by atoms with Gasteiger partial charge in [-0.3, -0.25) is 10.1 Å². The number of aliphatic hydroxyl groups is 1. The van der Waals surface area contributed by atoms with Crippen molar-refractivity contribution in [1.82, 2.24) is 0 Å². The van der Waals surface area contributed by atoms with Gasteiger partial charge in [0.15, 0.2) is 0 Å². The van der Waals surface area contributed by atoms with Gasteiger partial charge in [-0.25, -0.2) is 0 Å². The van der Waals surface area contributed by atoms with Gasteiger partial charge in [-0.1, -0.05) is 15.9 Å². The van der Waals surface area contributed by atoms with Gasteiger partial charge in [0, 0.05) is 10.5 Å². The molecule has 70 valence electrons. The molecule has 1 N–H and O–H groups in total. The van der Waals surface area contributed by atoms with E-state index in [0.29, 0.717) is 14.5 Å². The molecule has 4 nitrogen and oxygen atoms in total. The Morgan fingerprint density at radius 1 is 1.46 bits per heavy atom. The number of nitrogens with zero attached hydrogens (tertiary/aromatic N) is 1. The summed E-state index contributed by atoms with van der Waals surface area (Å²) in [6.07, 6.45) is 0. The highest BCUT2D eigenvalue weighted by molar-refractivity contribution is 9.11. The maximum Gasteiger partial charge on any atom is 0.284 e. The lowest BCUT2D eigenvalue weighted by atomic mass is 10.2. The Kier molecular flexibility index (Phi) is 3.40. The van der Waals surface area contributed by atoms with E-state index in [1.54, 1.807) is 6.07 Å². The maximum atomic E-state index is 10.5. The molecule has 0 bridgehead atoms. The lowest BCUT2D eigenvalue weighted by Gasteiger charge is -2.02. The van der Waals surface area contributed by atoms with Gasteiger partial charge in [-0.15, -0.1) is 0 Å². The first kappa shape index (κ1) is 10.6. The van der Waals surface area contributed by atoms with Gasteiger partial charge in [0.05, 0.1) is 11.5 Å². The Labute approximate surface area is 91.0 Å². The fourth-order valence-electron chi connectivity index (χ4n) is 0.878. The molecule has 13 heavy (non-hydrogen) atoms. The van der Waals surface area contributed by atoms with E-state index in [1.807, 2.05) is 0 Å². The number of halogens is 2. The third kappa shape index (κ3) is 2.26. The van der Waals surface area contributed by atoms with E-state index in [4.69, 9.17) is 5.11 Å². The van der Waals surface area contributed by atoms with E-state index in [9.17, 15) is 10.1 Å². The first-order chi connectivity index (χ1) is 6.06. The van der Waals surface area contributed by atoms with Crippen LogP contribution in [0.2, 0.25) is 0 Å². The summed E-state index contributed by atoms with van der Waals surface area (Å²) < 4.78 is 0.898. The van der Waals surface area contributed by atoms with Crippen molar-refractivity contribution >= 4 is 37.5 Å². The van der Waals surface area contributed by atoms with E-state index in [-0.39, 0.29) is 12.3 Å². The summed E-state index contributed by atoms with van der Waals surface area (Å²) in [5.74, 6) is 0. The van der Waals surface area contributed by atoms with Gasteiger partial charge in [0.1, 0.15) is 4.47 Å². The molecule has 0 saturated heterocycles. The molecule has 1 aromatic carbocycles. The topological polar surface area (TPSA) is 63.4 Å². The first-order valence-electron chi connectivity index (χ1n) is 3.29. The molecular weight excluding hydrogens is 306 g/mol. The van der Waals surface area contributed by atoms with Crippen molar-refractivity contribution < 1.29 is 10.0 Å². The van der Waals surface area contributed by atoms with Crippen LogP contribution in [0.5, 0.6) is 0 Å². The van der Waals surface area contributed by atoms with Gasteiger partial charge in [0.25, 0.3) is 5.69 Å². The normalized spacial score (nSPS) is 10.1. The fourth-order valence-corrected chi connectivity index (χ4v) is 1.87. The Hall–Kier alpha value is -0.460. The Morgan fingerprint density at radius 3 is 2.54 bits per heavy atom. The fraction of sp³-hybridized carbons (Fsp3) is 0.143. The second kappa shape index (κ2) is 4.17. The van der Waals surface area contributed by atoms with Gasteiger partial charge >= 0.3 is 0 Å². The number of aliphatic hydroxyl groups excluding tert-OH is 1. The third-order valence-corrected chi connectivity index (χ3v) is 2.83. The molecule has 1 aromatic rings. The SMILES string of the molecule is O=[N+]([O-])c1cc(Br)cc(CO)c1Br. The lowest BCUT2D eigenvalue weighted by molar-refractivity contribution is -0.385. The standard InChI is InChI=1S/C7H5Br2NO3/c8-5-1-4(3-11)7(9)6(2-5)10(12)13/h1-2,11H,3H2. The van der Waals surface area contributed by atoms with Gasteiger partial charge < -0.3 is 5.11 Å². The number of rotatable bonds is 2. The zero-order valence-corrected chi connectivity index (χ0v) is 9.50. The highest BCUT2D eigenvalue weighted by Gasteiger charge is 2.16. The molecule has 1 rings (SSSR count). The number of hydrogen-bond acceptors (Lipinski definition) is 3. The largest absolute Gasteiger partial charge is 0.392 e. The van der Waals surface area contributed by atoms with Crippen LogP contribution in [-0.2, 0) is 6.61 Å². The average molecular weight is 311 g/mol. The van der Waals surface area contributed by atoms with E-state index in [1.165, 1.54) is 6.07 Å². The van der Waals surface area contributed by atoms with Crippen molar-refractivity contribution in [2.24, 2.45) is 0 Å². The van der Waals surface area contributed by atoms with Crippen molar-refractivity contribution in [1.29, 1.82) is 0 Å². The Balaban J connectivity index is 3.35. The summed E-state index contributed by atoms with van der Waals surface area (Å²) in [7, 11) is 0. The molecule has 0 aliphatic carbocycles. The van der Waals surface area contributed by atoms with Crippen molar-refractivity contribution in [3.05, 3.63) is 36.8 Å². The van der Waals surface area contributed by atoms with Gasteiger partial charge in [-0.2, -0.15) is 0 Å². The van der Waals surface area contributed by atoms with Crippen LogP contribution in [0.1, 0.15) is 5.56 Å². The molecule has 0 unspecified atom stereocenters. The van der Waals surface area contributed by atoms with E-state index < -0.39 is 4.92 Å². The monoisotopic (exact) mass is 309 g/mol. The lowest BCUT2D eigenvalue weighted by Crippen LogP contribution is -1.94. The molecule has 6 heteroatoms. The number of nitro groups is 1. The predicted octanol–water partition coefficient (Wildman–Crippen LogP) is 2.61. The molecule has 0 saturated carbocycles. The van der Waals surface area contributed by atoms with Gasteiger partial charge in [-0.05, 0) is 27.6 Å². The van der Waals surface area contributed by atoms with Crippen LogP contribution in [0.4, 0.5) is 5.69 Å². The van der Waals surface area contributed by atoms with Crippen LogP contribution >= 0.6 is 31.9 Å². The smallest absolute Gasteiger partial charge is 0.284 e. The maximum absolute atomic E-state index is 10.5. The molecule has 0 spiro atoms. The second-order valence-corrected chi connectivity index (χ2v) is 4.02. The molecular formula is C7H5Br2NO3. The highest BCUT2D eigenvalue weighted by atomic mass is 79.9. The minimum Gasteiger partial charge on any atom is -0.392 e. The predicted molar refractivity (Wildman–Crippen MR) is 54.4 cm³/mol. The summed E-state index contributed by atoms with van der Waals surface area (Å²) in [4.78, 5) is 10.0. The van der Waals surface area contributed by atoms with Crippen molar-refractivity contribution in [3.63, 3.8) is 0 Å². The van der Waals surface area contributed by atoms with Crippen LogP contribution in [-0.4, -0.2) is 10.0 Å². The minimum atomic E-state index is -0.506. The molecule has 0 amide bonds. The van der Waals surface area contributed by atoms with Crippen LogP contribution in [0.3, 0.4) is 0 Å². The van der Waals surface area contributed by atoms with E-state index in [0.717, 1.165) is 0 Å². The number of nitro benzene ring substituents is 1. The van der Waals surface area contributed by atoms with E-state index >= 15 is 0 Å². The van der Waals surface area contributed by atoms with Crippen molar-refractivity contribution in [2.75, 3.05) is 0 Å². The Bertz CT molecular complexity index is 354. The summed E-state index contributed by atoms with van der Waals surface area (Å²) in [6, 6.07) is 3.00. The molecule has 0 aromatic heterocycles. The summed E-state index contributed by atoms with van der Waals surface area (Å²) in [5, 5.41) is 19.4. The summed E-state index contributed by atoms with van der Waals surface area (Å²) in [6.45, 7) is -0.235. The summed E-state index contributed by atoms with van der Waals surface area (Å²) >= 11 is 6.17. The quantitative estimate of drug-likeness (QED) is 0.674. The summed E-state index contributed by atoms with van der Waals surface area (Å²) in [5.41, 5.74) is 0.430. The van der Waals surface area contributed by atoms with Crippen LogP contribution in [0, 0.1) is 10.1 Å². The number of hydrogen-bond donors (Lipinski definition) is 1. The molecule has 0 heterocycles. The van der Waals surface area contributed by atoms with Crippen molar-refractivity contribution in [2.45, 2.75) is 6.61 Å². The second-order valence-electron chi connectivity index (χ2n) is 2.31. The average Bonchev–Trinajstić information content (AvgIpc) is 2.08. The first-order valence-corrected chi connectivity index (χ1v) is 4.88. The molecule has 0 aliphatic heterocycles. The molecule has 0 atom stereocenters. The highest BCUT2D eigenvalue weighted by Crippen LogP contribution is 2.32. The van der Waals surface area contributed by atoms with Gasteiger partial charge in [0.2, 0.25) is 0 Å². The minimum absolute atomic E-state index is 0.0570. The molecule has 0 aliphatic rings. The zero-order chi connectivity index (χ0) is 10.0. The van der Waals surface area contributed by atoms with Crippen LogP contribution < -0.4 is 0 Å². The Morgan fingerprint density at radius 2 is 2.08 bits per heavy atom. The third-order valence-electron chi connectivity index (χ3n) is 1.46. The molecule has 0 fully saturated rings. The van der Waals surface area contributed by atoms with Crippen molar-refractivity contribution in [3.8, 4) is 0 Å². The molecule has 0 radical (unpaired) electrons. The van der Waals surface area contributed by atoms with Crippen LogP contribution in [0.15, 0.2) is 21.1 Å².